The zero-order valence-corrected chi connectivity index (χ0v) is 12.9. The predicted molar refractivity (Wildman–Crippen MR) is 82.0 cm³/mol. The van der Waals surface area contributed by atoms with Crippen molar-refractivity contribution in [2.75, 3.05) is 0 Å². The standard InChI is InChI=1S/C15H33N.ClH/c1-3-5-7-9-11-13-15(16)14-12-10-8-6-4-2;/h15H,3-14,16H2,1-2H3;1H. The summed E-state index contributed by atoms with van der Waals surface area (Å²) in [5.74, 6) is 0. The Morgan fingerprint density at radius 3 is 1.35 bits per heavy atom. The maximum absolute atomic E-state index is 6.10. The first kappa shape index (κ1) is 19.6. The largest absolute Gasteiger partial charge is 0.328 e. The quantitative estimate of drug-likeness (QED) is 0.465. The van der Waals surface area contributed by atoms with Gasteiger partial charge >= 0.3 is 0 Å². The zero-order valence-electron chi connectivity index (χ0n) is 12.0. The Morgan fingerprint density at radius 2 is 1.00 bits per heavy atom. The van der Waals surface area contributed by atoms with Gasteiger partial charge in [0.25, 0.3) is 0 Å². The van der Waals surface area contributed by atoms with Crippen LogP contribution in [0.5, 0.6) is 0 Å². The van der Waals surface area contributed by atoms with Crippen LogP contribution in [0.2, 0.25) is 0 Å². The number of unbranched alkanes of at least 4 members (excludes halogenated alkanes) is 8. The molecule has 0 spiro atoms. The van der Waals surface area contributed by atoms with Crippen molar-refractivity contribution in [2.45, 2.75) is 96.9 Å². The first-order valence-electron chi connectivity index (χ1n) is 7.56. The third kappa shape index (κ3) is 16.2. The van der Waals surface area contributed by atoms with Gasteiger partial charge in [-0.15, -0.1) is 12.4 Å². The van der Waals surface area contributed by atoms with Crippen molar-refractivity contribution in [1.29, 1.82) is 0 Å². The van der Waals surface area contributed by atoms with Crippen LogP contribution < -0.4 is 5.73 Å². The van der Waals surface area contributed by atoms with E-state index in [4.69, 9.17) is 5.73 Å². The Morgan fingerprint density at radius 1 is 0.647 bits per heavy atom. The second-order valence-corrected chi connectivity index (χ2v) is 5.17. The van der Waals surface area contributed by atoms with Gasteiger partial charge in [0.1, 0.15) is 0 Å². The average molecular weight is 264 g/mol. The number of hydrogen-bond acceptors (Lipinski definition) is 1. The maximum Gasteiger partial charge on any atom is 0.00388 e. The van der Waals surface area contributed by atoms with E-state index in [1.165, 1.54) is 77.0 Å². The molecule has 0 fully saturated rings. The van der Waals surface area contributed by atoms with E-state index in [1.807, 2.05) is 0 Å². The first-order valence-corrected chi connectivity index (χ1v) is 7.56. The number of rotatable bonds is 12. The van der Waals surface area contributed by atoms with E-state index in [2.05, 4.69) is 13.8 Å². The highest BCUT2D eigenvalue weighted by Gasteiger charge is 2.01. The van der Waals surface area contributed by atoms with Crippen molar-refractivity contribution in [3.63, 3.8) is 0 Å². The van der Waals surface area contributed by atoms with E-state index in [9.17, 15) is 0 Å². The van der Waals surface area contributed by atoms with Crippen LogP contribution >= 0.6 is 12.4 Å². The summed E-state index contributed by atoms with van der Waals surface area (Å²) in [6.45, 7) is 4.53. The second kappa shape index (κ2) is 16.2. The van der Waals surface area contributed by atoms with E-state index >= 15 is 0 Å². The molecule has 0 bridgehead atoms. The highest BCUT2D eigenvalue weighted by atomic mass is 35.5. The maximum atomic E-state index is 6.10. The van der Waals surface area contributed by atoms with Gasteiger partial charge in [0, 0.05) is 6.04 Å². The lowest BCUT2D eigenvalue weighted by Gasteiger charge is -2.10. The third-order valence-corrected chi connectivity index (χ3v) is 3.36. The molecule has 0 rings (SSSR count). The van der Waals surface area contributed by atoms with Gasteiger partial charge in [-0.2, -0.15) is 0 Å². The van der Waals surface area contributed by atoms with Gasteiger partial charge in [-0.1, -0.05) is 78.1 Å². The van der Waals surface area contributed by atoms with Crippen LogP contribution in [-0.4, -0.2) is 6.04 Å². The normalized spacial score (nSPS) is 10.6. The van der Waals surface area contributed by atoms with E-state index in [-0.39, 0.29) is 12.4 Å². The molecule has 0 saturated heterocycles. The summed E-state index contributed by atoms with van der Waals surface area (Å²) in [5, 5.41) is 0. The molecule has 0 radical (unpaired) electrons. The number of nitrogens with two attached hydrogens (primary N) is 1. The van der Waals surface area contributed by atoms with Gasteiger partial charge in [0.15, 0.2) is 0 Å². The highest BCUT2D eigenvalue weighted by Crippen LogP contribution is 2.11. The van der Waals surface area contributed by atoms with Gasteiger partial charge in [-0.25, -0.2) is 0 Å². The monoisotopic (exact) mass is 263 g/mol. The summed E-state index contributed by atoms with van der Waals surface area (Å²) >= 11 is 0. The summed E-state index contributed by atoms with van der Waals surface area (Å²) in [7, 11) is 0. The van der Waals surface area contributed by atoms with Crippen LogP contribution in [0.3, 0.4) is 0 Å². The summed E-state index contributed by atoms with van der Waals surface area (Å²) < 4.78 is 0. The summed E-state index contributed by atoms with van der Waals surface area (Å²) in [5.41, 5.74) is 6.10. The Hall–Kier alpha value is 0.250. The Balaban J connectivity index is 0. The minimum absolute atomic E-state index is 0. The molecule has 0 aliphatic heterocycles. The molecular weight excluding hydrogens is 230 g/mol. The second-order valence-electron chi connectivity index (χ2n) is 5.17. The first-order chi connectivity index (χ1) is 7.81. The molecule has 0 amide bonds. The molecular formula is C15H34ClN. The minimum atomic E-state index is 0. The molecule has 0 unspecified atom stereocenters. The van der Waals surface area contributed by atoms with Crippen LogP contribution in [0.15, 0.2) is 0 Å². The Bertz CT molecular complexity index is 114. The van der Waals surface area contributed by atoms with Gasteiger partial charge < -0.3 is 5.73 Å². The molecule has 0 aromatic rings. The Kier molecular flexibility index (Phi) is 18.7. The smallest absolute Gasteiger partial charge is 0.00388 e. The van der Waals surface area contributed by atoms with Gasteiger partial charge in [0.05, 0.1) is 0 Å². The molecule has 0 aromatic heterocycles. The summed E-state index contributed by atoms with van der Waals surface area (Å²) in [6, 6.07) is 0.475. The van der Waals surface area contributed by atoms with Crippen molar-refractivity contribution in [1.82, 2.24) is 0 Å². The van der Waals surface area contributed by atoms with E-state index < -0.39 is 0 Å². The van der Waals surface area contributed by atoms with Gasteiger partial charge in [0.2, 0.25) is 0 Å². The molecule has 17 heavy (non-hydrogen) atoms. The van der Waals surface area contributed by atoms with Gasteiger partial charge in [-0.3, -0.25) is 0 Å². The number of halogens is 1. The third-order valence-electron chi connectivity index (χ3n) is 3.36. The zero-order chi connectivity index (χ0) is 12.1. The lowest BCUT2D eigenvalue weighted by atomic mass is 10.0. The molecule has 106 valence electrons. The van der Waals surface area contributed by atoms with Crippen molar-refractivity contribution < 1.29 is 0 Å². The molecule has 0 saturated carbocycles. The van der Waals surface area contributed by atoms with Crippen LogP contribution in [0.25, 0.3) is 0 Å². The minimum Gasteiger partial charge on any atom is -0.328 e. The summed E-state index contributed by atoms with van der Waals surface area (Å²) in [4.78, 5) is 0. The van der Waals surface area contributed by atoms with Crippen LogP contribution in [0.1, 0.15) is 90.9 Å². The average Bonchev–Trinajstić information content (AvgIpc) is 2.28. The number of hydrogen-bond donors (Lipinski definition) is 1. The lowest BCUT2D eigenvalue weighted by molar-refractivity contribution is 0.487. The molecule has 0 atom stereocenters. The predicted octanol–water partition coefficient (Wildman–Crippen LogP) is 5.46. The summed E-state index contributed by atoms with van der Waals surface area (Å²) in [6.07, 6.45) is 16.2. The topological polar surface area (TPSA) is 26.0 Å². The molecule has 0 aliphatic rings. The van der Waals surface area contributed by atoms with Gasteiger partial charge in [-0.05, 0) is 12.8 Å². The molecule has 2 heteroatoms. The SMILES string of the molecule is CCCCCCCC(N)CCCCCCC.Cl. The fourth-order valence-corrected chi connectivity index (χ4v) is 2.16. The van der Waals surface area contributed by atoms with Crippen molar-refractivity contribution in [2.24, 2.45) is 5.73 Å². The van der Waals surface area contributed by atoms with Crippen molar-refractivity contribution in [3.8, 4) is 0 Å². The van der Waals surface area contributed by atoms with Crippen LogP contribution in [-0.2, 0) is 0 Å². The van der Waals surface area contributed by atoms with E-state index in [1.54, 1.807) is 0 Å². The van der Waals surface area contributed by atoms with E-state index in [0.29, 0.717) is 6.04 Å². The molecule has 0 aliphatic carbocycles. The molecule has 0 aromatic carbocycles. The molecule has 1 nitrogen and oxygen atoms in total. The van der Waals surface area contributed by atoms with E-state index in [0.717, 1.165) is 0 Å². The molecule has 0 heterocycles. The fourth-order valence-electron chi connectivity index (χ4n) is 2.16. The fraction of sp³-hybridized carbons (Fsp3) is 1.00. The lowest BCUT2D eigenvalue weighted by Crippen LogP contribution is -2.19. The Labute approximate surface area is 115 Å². The van der Waals surface area contributed by atoms with Crippen LogP contribution in [0, 0.1) is 0 Å². The van der Waals surface area contributed by atoms with Crippen molar-refractivity contribution >= 4 is 12.4 Å². The molecule has 2 N–H and O–H groups in total. The van der Waals surface area contributed by atoms with Crippen molar-refractivity contribution in [3.05, 3.63) is 0 Å². The highest BCUT2D eigenvalue weighted by molar-refractivity contribution is 5.85. The van der Waals surface area contributed by atoms with Crippen LogP contribution in [0.4, 0.5) is 0 Å².